The highest BCUT2D eigenvalue weighted by Crippen LogP contribution is 2.46. The second-order valence-electron chi connectivity index (χ2n) is 10.9. The van der Waals surface area contributed by atoms with Crippen LogP contribution in [-0.2, 0) is 9.47 Å². The van der Waals surface area contributed by atoms with Crippen LogP contribution >= 0.6 is 22.6 Å². The van der Waals surface area contributed by atoms with E-state index in [1.165, 1.54) is 18.5 Å². The van der Waals surface area contributed by atoms with Crippen LogP contribution in [0.25, 0.3) is 32.9 Å². The van der Waals surface area contributed by atoms with Crippen molar-refractivity contribution in [3.8, 4) is 11.1 Å². The molecule has 2 aromatic carbocycles. The second kappa shape index (κ2) is 9.32. The lowest BCUT2D eigenvalue weighted by molar-refractivity contribution is -0.0896. The Bertz CT molecular complexity index is 1850. The molecular formula is C29H27FIN5O4. The number of benzene rings is 2. The van der Waals surface area contributed by atoms with Crippen molar-refractivity contribution in [2.24, 2.45) is 0 Å². The Balaban J connectivity index is 1.59. The highest BCUT2D eigenvalue weighted by Gasteiger charge is 2.49. The summed E-state index contributed by atoms with van der Waals surface area (Å²) in [4.78, 5) is 21.6. The molecule has 4 heterocycles. The van der Waals surface area contributed by atoms with Crippen molar-refractivity contribution in [2.45, 2.75) is 58.2 Å². The molecule has 5 aromatic rings. The number of hydrogen-bond donors (Lipinski definition) is 1. The van der Waals surface area contributed by atoms with E-state index >= 15 is 4.39 Å². The standard InChI is InChI=1S/C29H27FIN5O4/c1-14(36-25-21(23(31)35-36)24(32)33-13-34-25)22-20(18-8-6-7-9-19(18)26(37)38-22)15-10-16(12-17(30)11-15)27-39-28(2,3)29(4,5)40-27/h6-14,27H,1-5H3,(H2,32,33,34). The van der Waals surface area contributed by atoms with E-state index in [0.29, 0.717) is 53.8 Å². The molecule has 1 unspecified atom stereocenters. The van der Waals surface area contributed by atoms with Crippen molar-refractivity contribution >= 4 is 50.2 Å². The van der Waals surface area contributed by atoms with E-state index in [4.69, 9.17) is 19.6 Å². The number of halogens is 2. The van der Waals surface area contributed by atoms with Crippen LogP contribution in [0.15, 0.2) is 58.0 Å². The van der Waals surface area contributed by atoms with E-state index in [1.54, 1.807) is 16.8 Å². The van der Waals surface area contributed by atoms with Crippen molar-refractivity contribution in [1.29, 1.82) is 0 Å². The zero-order valence-electron chi connectivity index (χ0n) is 22.5. The van der Waals surface area contributed by atoms with Crippen LogP contribution in [0.1, 0.15) is 58.3 Å². The van der Waals surface area contributed by atoms with Crippen molar-refractivity contribution in [3.63, 3.8) is 0 Å². The quantitative estimate of drug-likeness (QED) is 0.230. The van der Waals surface area contributed by atoms with Gasteiger partial charge in [0.2, 0.25) is 0 Å². The van der Waals surface area contributed by atoms with Crippen LogP contribution in [0.2, 0.25) is 0 Å². The predicted octanol–water partition coefficient (Wildman–Crippen LogP) is 6.14. The molecule has 0 aliphatic carbocycles. The van der Waals surface area contributed by atoms with E-state index in [9.17, 15) is 4.79 Å². The topological polar surface area (TPSA) is 118 Å². The third kappa shape index (κ3) is 4.18. The van der Waals surface area contributed by atoms with Gasteiger partial charge >= 0.3 is 5.63 Å². The number of aromatic nitrogens is 4. The van der Waals surface area contributed by atoms with Gasteiger partial charge in [-0.3, -0.25) is 0 Å². The van der Waals surface area contributed by atoms with E-state index in [-0.39, 0.29) is 0 Å². The van der Waals surface area contributed by atoms with Crippen LogP contribution in [0, 0.1) is 9.52 Å². The fraction of sp³-hybridized carbons (Fsp3) is 0.310. The van der Waals surface area contributed by atoms with Gasteiger partial charge in [-0.15, -0.1) is 0 Å². The Morgan fingerprint density at radius 1 is 1.05 bits per heavy atom. The average Bonchev–Trinajstić information content (AvgIpc) is 3.35. The Kier molecular flexibility index (Phi) is 6.24. The molecule has 0 bridgehead atoms. The van der Waals surface area contributed by atoms with Crippen molar-refractivity contribution in [1.82, 2.24) is 19.7 Å². The fourth-order valence-corrected chi connectivity index (χ4v) is 5.77. The zero-order chi connectivity index (χ0) is 28.6. The van der Waals surface area contributed by atoms with Gasteiger partial charge < -0.3 is 19.6 Å². The van der Waals surface area contributed by atoms with Crippen molar-refractivity contribution < 1.29 is 18.3 Å². The van der Waals surface area contributed by atoms with Crippen molar-refractivity contribution in [2.75, 3.05) is 5.73 Å². The summed E-state index contributed by atoms with van der Waals surface area (Å²) in [5, 5.41) is 6.24. The molecule has 0 amide bonds. The van der Waals surface area contributed by atoms with E-state index < -0.39 is 35.0 Å². The Morgan fingerprint density at radius 3 is 2.42 bits per heavy atom. The minimum absolute atomic E-state index is 0.297. The third-order valence-corrected chi connectivity index (χ3v) is 8.58. The molecule has 6 rings (SSSR count). The summed E-state index contributed by atoms with van der Waals surface area (Å²) < 4.78 is 35.9. The molecule has 1 saturated heterocycles. The summed E-state index contributed by atoms with van der Waals surface area (Å²) >= 11 is 2.07. The summed E-state index contributed by atoms with van der Waals surface area (Å²) in [5.41, 5.74) is 6.47. The number of nitrogens with two attached hydrogens (primary N) is 1. The molecule has 1 aliphatic heterocycles. The third-order valence-electron chi connectivity index (χ3n) is 7.82. The SMILES string of the molecule is CC(c1oc(=O)c2ccccc2c1-c1cc(F)cc(C2OC(C)(C)C(C)(C)O2)c1)n1nc(I)c2c(N)ncnc21. The highest BCUT2D eigenvalue weighted by atomic mass is 127. The van der Waals surface area contributed by atoms with Gasteiger partial charge in [0, 0.05) is 16.5 Å². The maximum Gasteiger partial charge on any atom is 0.343 e. The van der Waals surface area contributed by atoms with Gasteiger partial charge in [0.25, 0.3) is 0 Å². The summed E-state index contributed by atoms with van der Waals surface area (Å²) in [6.07, 6.45) is 0.582. The molecule has 0 radical (unpaired) electrons. The first kappa shape index (κ1) is 26.8. The van der Waals surface area contributed by atoms with E-state index in [1.807, 2.05) is 52.8 Å². The average molecular weight is 655 g/mol. The number of ether oxygens (including phenoxy) is 2. The monoisotopic (exact) mass is 655 g/mol. The molecular weight excluding hydrogens is 628 g/mol. The van der Waals surface area contributed by atoms with E-state index in [2.05, 4.69) is 37.7 Å². The first-order valence-corrected chi connectivity index (χ1v) is 13.8. The van der Waals surface area contributed by atoms with E-state index in [0.717, 1.165) is 0 Å². The number of anilines is 1. The molecule has 1 fully saturated rings. The van der Waals surface area contributed by atoms with Crippen LogP contribution in [0.4, 0.5) is 10.2 Å². The lowest BCUT2D eigenvalue weighted by Gasteiger charge is -2.30. The summed E-state index contributed by atoms with van der Waals surface area (Å²) in [6.45, 7) is 9.61. The number of nitrogen functional groups attached to an aromatic ring is 1. The molecule has 11 heteroatoms. The minimum Gasteiger partial charge on any atom is -0.424 e. The number of hydrogen-bond acceptors (Lipinski definition) is 8. The molecule has 2 N–H and O–H groups in total. The maximum absolute atomic E-state index is 15.3. The summed E-state index contributed by atoms with van der Waals surface area (Å²) in [5.74, 6) is 0.119. The van der Waals surface area contributed by atoms with Crippen molar-refractivity contribution in [3.05, 3.63) is 80.1 Å². The molecule has 0 spiro atoms. The molecule has 1 atom stereocenters. The predicted molar refractivity (Wildman–Crippen MR) is 157 cm³/mol. The smallest absolute Gasteiger partial charge is 0.343 e. The van der Waals surface area contributed by atoms with Gasteiger partial charge in [-0.1, -0.05) is 18.2 Å². The Labute approximate surface area is 242 Å². The van der Waals surface area contributed by atoms with Gasteiger partial charge in [-0.2, -0.15) is 5.10 Å². The first-order chi connectivity index (χ1) is 18.9. The zero-order valence-corrected chi connectivity index (χ0v) is 24.7. The number of fused-ring (bicyclic) bond motifs is 2. The lowest BCUT2D eigenvalue weighted by atomic mass is 9.90. The van der Waals surface area contributed by atoms with Gasteiger partial charge in [-0.25, -0.2) is 23.8 Å². The van der Waals surface area contributed by atoms with Gasteiger partial charge in [0.1, 0.15) is 33.5 Å². The molecule has 0 saturated carbocycles. The van der Waals surface area contributed by atoms with Gasteiger partial charge in [0.05, 0.1) is 22.0 Å². The largest absolute Gasteiger partial charge is 0.424 e. The van der Waals surface area contributed by atoms with Crippen LogP contribution in [0.5, 0.6) is 0 Å². The Morgan fingerprint density at radius 2 is 1.73 bits per heavy atom. The normalized spacial score (nSPS) is 17.6. The summed E-state index contributed by atoms with van der Waals surface area (Å²) in [6, 6.07) is 11.1. The number of nitrogens with zero attached hydrogens (tertiary/aromatic N) is 4. The minimum atomic E-state index is -0.779. The molecule has 40 heavy (non-hydrogen) atoms. The van der Waals surface area contributed by atoms with Crippen LogP contribution in [-0.4, -0.2) is 31.0 Å². The molecule has 9 nitrogen and oxygen atoms in total. The highest BCUT2D eigenvalue weighted by molar-refractivity contribution is 14.1. The fourth-order valence-electron chi connectivity index (χ4n) is 5.02. The van der Waals surface area contributed by atoms with Gasteiger partial charge in [-0.05, 0) is 87.0 Å². The van der Waals surface area contributed by atoms with Crippen LogP contribution < -0.4 is 11.4 Å². The van der Waals surface area contributed by atoms with Crippen LogP contribution in [0.3, 0.4) is 0 Å². The first-order valence-electron chi connectivity index (χ1n) is 12.7. The Hall–Kier alpha value is -3.42. The van der Waals surface area contributed by atoms with Gasteiger partial charge in [0.15, 0.2) is 11.9 Å². The lowest BCUT2D eigenvalue weighted by Crippen LogP contribution is -2.41. The molecule has 3 aromatic heterocycles. The molecule has 1 aliphatic rings. The summed E-state index contributed by atoms with van der Waals surface area (Å²) in [7, 11) is 0. The molecule has 206 valence electrons. The number of rotatable bonds is 4. The maximum atomic E-state index is 15.3. The second-order valence-corrected chi connectivity index (χ2v) is 11.9.